The largest absolute Gasteiger partial charge is 0.450 e. The van der Waals surface area contributed by atoms with Gasteiger partial charge in [-0.05, 0) is 24.8 Å². The molecule has 0 unspecified atom stereocenters. The Morgan fingerprint density at radius 2 is 1.86 bits per heavy atom. The summed E-state index contributed by atoms with van der Waals surface area (Å²) in [6.07, 6.45) is 0.200. The Morgan fingerprint density at radius 3 is 2.43 bits per heavy atom. The SMILES string of the molecule is CCOC(=O)N[C@@H](C(=O)NCCc1ccccc1)C(C)C. The minimum atomic E-state index is -0.583. The summed E-state index contributed by atoms with van der Waals surface area (Å²) in [5.41, 5.74) is 1.16. The van der Waals surface area contributed by atoms with E-state index < -0.39 is 12.1 Å². The van der Waals surface area contributed by atoms with Crippen LogP contribution in [-0.4, -0.2) is 31.2 Å². The summed E-state index contributed by atoms with van der Waals surface area (Å²) in [6, 6.07) is 9.35. The molecule has 21 heavy (non-hydrogen) atoms. The number of carbonyl (C=O) groups is 2. The van der Waals surface area contributed by atoms with Crippen molar-refractivity contribution in [3.63, 3.8) is 0 Å². The fourth-order valence-corrected chi connectivity index (χ4v) is 1.92. The molecule has 0 bridgehead atoms. The molecule has 1 aromatic rings. The molecular weight excluding hydrogens is 268 g/mol. The fraction of sp³-hybridized carbons (Fsp3) is 0.500. The van der Waals surface area contributed by atoms with Crippen molar-refractivity contribution in [3.05, 3.63) is 35.9 Å². The minimum absolute atomic E-state index is 0.00821. The van der Waals surface area contributed by atoms with Gasteiger partial charge in [0.15, 0.2) is 0 Å². The molecule has 0 fully saturated rings. The molecule has 5 nitrogen and oxygen atoms in total. The van der Waals surface area contributed by atoms with Gasteiger partial charge in [-0.1, -0.05) is 44.2 Å². The van der Waals surface area contributed by atoms with Crippen LogP contribution in [0.25, 0.3) is 0 Å². The molecule has 0 radical (unpaired) electrons. The van der Waals surface area contributed by atoms with Gasteiger partial charge in [0.25, 0.3) is 0 Å². The number of amides is 2. The number of alkyl carbamates (subject to hydrolysis) is 1. The van der Waals surface area contributed by atoms with Crippen molar-refractivity contribution >= 4 is 12.0 Å². The number of nitrogens with one attached hydrogen (secondary N) is 2. The summed E-state index contributed by atoms with van der Waals surface area (Å²) >= 11 is 0. The van der Waals surface area contributed by atoms with Crippen LogP contribution in [0.1, 0.15) is 26.3 Å². The van der Waals surface area contributed by atoms with Gasteiger partial charge in [0.1, 0.15) is 6.04 Å². The molecule has 1 aromatic carbocycles. The predicted molar refractivity (Wildman–Crippen MR) is 81.9 cm³/mol. The van der Waals surface area contributed by atoms with Crippen molar-refractivity contribution < 1.29 is 14.3 Å². The van der Waals surface area contributed by atoms with Gasteiger partial charge in [-0.3, -0.25) is 4.79 Å². The quantitative estimate of drug-likeness (QED) is 0.809. The molecule has 0 aliphatic carbocycles. The first-order chi connectivity index (χ1) is 10.0. The van der Waals surface area contributed by atoms with Gasteiger partial charge in [0.2, 0.25) is 5.91 Å². The van der Waals surface area contributed by atoms with E-state index >= 15 is 0 Å². The van der Waals surface area contributed by atoms with Crippen LogP contribution in [0.15, 0.2) is 30.3 Å². The average molecular weight is 292 g/mol. The summed E-state index contributed by atoms with van der Waals surface area (Å²) in [6.45, 7) is 6.31. The Balaban J connectivity index is 2.44. The maximum atomic E-state index is 12.1. The molecule has 0 aliphatic rings. The van der Waals surface area contributed by atoms with E-state index in [1.165, 1.54) is 0 Å². The minimum Gasteiger partial charge on any atom is -0.450 e. The van der Waals surface area contributed by atoms with Crippen molar-refractivity contribution in [2.75, 3.05) is 13.2 Å². The molecule has 2 amide bonds. The van der Waals surface area contributed by atoms with Crippen LogP contribution in [0.5, 0.6) is 0 Å². The highest BCUT2D eigenvalue weighted by atomic mass is 16.5. The highest BCUT2D eigenvalue weighted by Gasteiger charge is 2.24. The molecule has 0 spiro atoms. The van der Waals surface area contributed by atoms with Gasteiger partial charge in [0.05, 0.1) is 6.61 Å². The second-order valence-electron chi connectivity index (χ2n) is 5.11. The summed E-state index contributed by atoms with van der Waals surface area (Å²) in [5.74, 6) is -0.194. The highest BCUT2D eigenvalue weighted by Crippen LogP contribution is 2.03. The average Bonchev–Trinajstić information content (AvgIpc) is 2.45. The molecule has 116 valence electrons. The maximum absolute atomic E-state index is 12.1. The number of hydrogen-bond acceptors (Lipinski definition) is 3. The lowest BCUT2D eigenvalue weighted by molar-refractivity contribution is -0.124. The molecule has 0 saturated heterocycles. The second kappa shape index (κ2) is 9.00. The van der Waals surface area contributed by atoms with Gasteiger partial charge in [-0.25, -0.2) is 4.79 Å². The molecule has 0 aliphatic heterocycles. The maximum Gasteiger partial charge on any atom is 0.407 e. The summed E-state index contributed by atoms with van der Waals surface area (Å²) in [4.78, 5) is 23.6. The predicted octanol–water partition coefficient (Wildman–Crippen LogP) is 2.12. The first-order valence-corrected chi connectivity index (χ1v) is 7.29. The Hall–Kier alpha value is -2.04. The molecule has 0 heterocycles. The van der Waals surface area contributed by atoms with Gasteiger partial charge >= 0.3 is 6.09 Å². The molecule has 1 atom stereocenters. The zero-order chi connectivity index (χ0) is 15.7. The first kappa shape index (κ1) is 17.0. The van der Waals surface area contributed by atoms with Crippen LogP contribution in [-0.2, 0) is 16.0 Å². The lowest BCUT2D eigenvalue weighted by Crippen LogP contribution is -2.50. The van der Waals surface area contributed by atoms with E-state index in [0.29, 0.717) is 6.54 Å². The third-order valence-corrected chi connectivity index (χ3v) is 3.05. The molecule has 5 heteroatoms. The second-order valence-corrected chi connectivity index (χ2v) is 5.11. The van der Waals surface area contributed by atoms with E-state index in [-0.39, 0.29) is 18.4 Å². The van der Waals surface area contributed by atoms with Crippen molar-refractivity contribution in [1.82, 2.24) is 10.6 Å². The first-order valence-electron chi connectivity index (χ1n) is 7.29. The topological polar surface area (TPSA) is 67.4 Å². The van der Waals surface area contributed by atoms with Crippen LogP contribution in [0.3, 0.4) is 0 Å². The molecule has 0 aromatic heterocycles. The van der Waals surface area contributed by atoms with E-state index in [0.717, 1.165) is 12.0 Å². The fourth-order valence-electron chi connectivity index (χ4n) is 1.92. The van der Waals surface area contributed by atoms with E-state index in [9.17, 15) is 9.59 Å². The van der Waals surface area contributed by atoms with E-state index in [1.54, 1.807) is 6.92 Å². The smallest absolute Gasteiger partial charge is 0.407 e. The summed E-state index contributed by atoms with van der Waals surface area (Å²) < 4.78 is 4.82. The highest BCUT2D eigenvalue weighted by molar-refractivity contribution is 5.85. The molecule has 2 N–H and O–H groups in total. The normalized spacial score (nSPS) is 11.8. The van der Waals surface area contributed by atoms with E-state index in [1.807, 2.05) is 44.2 Å². The zero-order valence-corrected chi connectivity index (χ0v) is 12.9. The third-order valence-electron chi connectivity index (χ3n) is 3.05. The van der Waals surface area contributed by atoms with Crippen LogP contribution in [0.4, 0.5) is 4.79 Å². The van der Waals surface area contributed by atoms with Gasteiger partial charge in [-0.2, -0.15) is 0 Å². The van der Waals surface area contributed by atoms with Crippen molar-refractivity contribution in [3.8, 4) is 0 Å². The third kappa shape index (κ3) is 6.29. The Labute approximate surface area is 126 Å². The molecule has 0 saturated carbocycles. The number of benzene rings is 1. The number of rotatable bonds is 7. The lowest BCUT2D eigenvalue weighted by Gasteiger charge is -2.21. The Morgan fingerprint density at radius 1 is 1.19 bits per heavy atom. The number of ether oxygens (including phenoxy) is 1. The van der Waals surface area contributed by atoms with Gasteiger partial charge in [-0.15, -0.1) is 0 Å². The summed E-state index contributed by atoms with van der Waals surface area (Å²) in [5, 5.41) is 5.44. The van der Waals surface area contributed by atoms with Crippen LogP contribution in [0.2, 0.25) is 0 Å². The summed E-state index contributed by atoms with van der Waals surface area (Å²) in [7, 11) is 0. The van der Waals surface area contributed by atoms with Gasteiger partial charge in [0, 0.05) is 6.54 Å². The Kier molecular flexibility index (Phi) is 7.29. The lowest BCUT2D eigenvalue weighted by atomic mass is 10.0. The van der Waals surface area contributed by atoms with Gasteiger partial charge < -0.3 is 15.4 Å². The van der Waals surface area contributed by atoms with Crippen molar-refractivity contribution in [2.24, 2.45) is 5.92 Å². The number of carbonyl (C=O) groups excluding carboxylic acids is 2. The number of hydrogen-bond donors (Lipinski definition) is 2. The molecule has 1 rings (SSSR count). The Bertz CT molecular complexity index is 446. The van der Waals surface area contributed by atoms with Crippen LogP contribution >= 0.6 is 0 Å². The van der Waals surface area contributed by atoms with Crippen LogP contribution in [0, 0.1) is 5.92 Å². The van der Waals surface area contributed by atoms with Crippen LogP contribution < -0.4 is 10.6 Å². The molecular formula is C16H24N2O3. The monoisotopic (exact) mass is 292 g/mol. The van der Waals surface area contributed by atoms with E-state index in [4.69, 9.17) is 4.74 Å². The zero-order valence-electron chi connectivity index (χ0n) is 12.9. The van der Waals surface area contributed by atoms with Crippen molar-refractivity contribution in [2.45, 2.75) is 33.2 Å². The van der Waals surface area contributed by atoms with E-state index in [2.05, 4.69) is 10.6 Å². The standard InChI is InChI=1S/C16H24N2O3/c1-4-21-16(20)18-14(12(2)3)15(19)17-11-10-13-8-6-5-7-9-13/h5-9,12,14H,4,10-11H2,1-3H3,(H,17,19)(H,18,20)/t14-/m1/s1. The van der Waals surface area contributed by atoms with Crippen molar-refractivity contribution in [1.29, 1.82) is 0 Å².